The molecule has 1 rings (SSSR count). The Labute approximate surface area is 107 Å². The van der Waals surface area contributed by atoms with Crippen molar-refractivity contribution in [1.82, 2.24) is 5.32 Å². The fourth-order valence-electron chi connectivity index (χ4n) is 2.57. The van der Waals surface area contributed by atoms with Crippen molar-refractivity contribution in [2.45, 2.75) is 45.1 Å². The molecule has 1 unspecified atom stereocenters. The predicted octanol–water partition coefficient (Wildman–Crippen LogP) is 2.32. The highest BCUT2D eigenvalue weighted by Crippen LogP contribution is 2.41. The van der Waals surface area contributed by atoms with E-state index in [1.807, 2.05) is 13.8 Å². The quantitative estimate of drug-likeness (QED) is 0.756. The molecule has 1 amide bonds. The van der Waals surface area contributed by atoms with E-state index in [0.29, 0.717) is 12.8 Å². The summed E-state index contributed by atoms with van der Waals surface area (Å²) < 4.78 is 4.81. The molecule has 18 heavy (non-hydrogen) atoms. The van der Waals surface area contributed by atoms with E-state index in [2.05, 4.69) is 11.9 Å². The summed E-state index contributed by atoms with van der Waals surface area (Å²) >= 11 is 0. The number of alkyl carbamates (subject to hydrolysis) is 1. The first-order valence-corrected chi connectivity index (χ1v) is 6.11. The molecule has 2 N–H and O–H groups in total. The van der Waals surface area contributed by atoms with Crippen molar-refractivity contribution >= 4 is 12.1 Å². The van der Waals surface area contributed by atoms with Crippen LogP contribution in [0.1, 0.15) is 39.5 Å². The molecule has 1 fully saturated rings. The third-order valence-corrected chi connectivity index (χ3v) is 3.32. The topological polar surface area (TPSA) is 75.6 Å². The van der Waals surface area contributed by atoms with E-state index in [1.165, 1.54) is 6.08 Å². The molecule has 0 aliphatic heterocycles. The molecule has 1 atom stereocenters. The van der Waals surface area contributed by atoms with Gasteiger partial charge in [0.25, 0.3) is 0 Å². The van der Waals surface area contributed by atoms with Crippen LogP contribution >= 0.6 is 0 Å². The lowest BCUT2D eigenvalue weighted by Crippen LogP contribution is -2.58. The Morgan fingerprint density at radius 2 is 2.11 bits per heavy atom. The molecule has 0 saturated heterocycles. The maximum atomic E-state index is 11.5. The van der Waals surface area contributed by atoms with Gasteiger partial charge in [-0.2, -0.15) is 0 Å². The van der Waals surface area contributed by atoms with E-state index in [1.54, 1.807) is 0 Å². The average molecular weight is 255 g/mol. The van der Waals surface area contributed by atoms with Crippen LogP contribution in [0.5, 0.6) is 0 Å². The molecule has 0 aromatic rings. The van der Waals surface area contributed by atoms with Gasteiger partial charge in [-0.25, -0.2) is 9.59 Å². The minimum Gasteiger partial charge on any atom is -0.480 e. The molecule has 0 aromatic carbocycles. The lowest BCUT2D eigenvalue weighted by atomic mass is 9.68. The third kappa shape index (κ3) is 3.48. The molecule has 1 aliphatic rings. The summed E-state index contributed by atoms with van der Waals surface area (Å²) in [5.41, 5.74) is -1.30. The number of hydrogen-bond donors (Lipinski definition) is 2. The number of carbonyl (C=O) groups excluding carboxylic acids is 1. The molecular weight excluding hydrogens is 234 g/mol. The number of nitrogens with one attached hydrogen (secondary N) is 1. The zero-order valence-corrected chi connectivity index (χ0v) is 11.0. The van der Waals surface area contributed by atoms with Crippen molar-refractivity contribution in [3.05, 3.63) is 12.7 Å². The zero-order valence-electron chi connectivity index (χ0n) is 11.0. The van der Waals surface area contributed by atoms with Crippen molar-refractivity contribution in [3.63, 3.8) is 0 Å². The van der Waals surface area contributed by atoms with E-state index in [4.69, 9.17) is 4.74 Å². The van der Waals surface area contributed by atoms with Crippen LogP contribution in [0.15, 0.2) is 12.7 Å². The number of ether oxygens (including phenoxy) is 1. The zero-order chi connectivity index (χ0) is 13.8. The first-order valence-electron chi connectivity index (χ1n) is 6.11. The van der Waals surface area contributed by atoms with Gasteiger partial charge >= 0.3 is 12.1 Å². The molecular formula is C13H21NO4. The molecule has 0 spiro atoms. The Bertz CT molecular complexity index is 351. The summed E-state index contributed by atoms with van der Waals surface area (Å²) in [4.78, 5) is 23.0. The van der Waals surface area contributed by atoms with Crippen LogP contribution in [-0.4, -0.2) is 29.3 Å². The number of carboxylic acid groups (broad SMARTS) is 1. The van der Waals surface area contributed by atoms with Gasteiger partial charge in [0, 0.05) is 0 Å². The first kappa shape index (κ1) is 14.5. The van der Waals surface area contributed by atoms with Gasteiger partial charge < -0.3 is 15.2 Å². The lowest BCUT2D eigenvalue weighted by Gasteiger charge is -2.42. The van der Waals surface area contributed by atoms with Crippen LogP contribution in [-0.2, 0) is 9.53 Å². The Morgan fingerprint density at radius 1 is 1.44 bits per heavy atom. The summed E-state index contributed by atoms with van der Waals surface area (Å²) in [7, 11) is 0. The first-order chi connectivity index (χ1) is 8.31. The predicted molar refractivity (Wildman–Crippen MR) is 67.3 cm³/mol. The van der Waals surface area contributed by atoms with Gasteiger partial charge in [-0.1, -0.05) is 26.5 Å². The fourth-order valence-corrected chi connectivity index (χ4v) is 2.57. The highest BCUT2D eigenvalue weighted by molar-refractivity contribution is 5.84. The van der Waals surface area contributed by atoms with E-state index in [0.717, 1.165) is 12.8 Å². The monoisotopic (exact) mass is 255 g/mol. The van der Waals surface area contributed by atoms with Crippen LogP contribution in [0, 0.1) is 5.41 Å². The molecule has 5 nitrogen and oxygen atoms in total. The normalized spacial score (nSPS) is 26.1. The highest BCUT2D eigenvalue weighted by atomic mass is 16.5. The Balaban J connectivity index is 2.78. The molecule has 1 saturated carbocycles. The van der Waals surface area contributed by atoms with Gasteiger partial charge in [0.2, 0.25) is 0 Å². The second-order valence-corrected chi connectivity index (χ2v) is 5.59. The number of aliphatic carboxylic acids is 1. The van der Waals surface area contributed by atoms with Crippen LogP contribution in [0.25, 0.3) is 0 Å². The summed E-state index contributed by atoms with van der Waals surface area (Å²) in [6.07, 6.45) is 3.34. The standard InChI is InChI=1S/C13H21NO4/c1-4-8-18-11(17)14-13(10(15)16)7-5-6-12(2,3)9-13/h4H,1,5-9H2,2-3H3,(H,14,17)(H,15,16). The van der Waals surface area contributed by atoms with Crippen molar-refractivity contribution < 1.29 is 19.4 Å². The number of rotatable bonds is 4. The van der Waals surface area contributed by atoms with Gasteiger partial charge in [0.05, 0.1) is 0 Å². The molecule has 0 radical (unpaired) electrons. The van der Waals surface area contributed by atoms with Gasteiger partial charge in [-0.3, -0.25) is 0 Å². The maximum Gasteiger partial charge on any atom is 0.408 e. The smallest absolute Gasteiger partial charge is 0.408 e. The second-order valence-electron chi connectivity index (χ2n) is 5.59. The summed E-state index contributed by atoms with van der Waals surface area (Å²) in [6, 6.07) is 0. The molecule has 0 bridgehead atoms. The summed E-state index contributed by atoms with van der Waals surface area (Å²) in [6.45, 7) is 7.54. The second kappa shape index (κ2) is 5.42. The van der Waals surface area contributed by atoms with E-state index in [9.17, 15) is 14.7 Å². The molecule has 5 heteroatoms. The molecule has 102 valence electrons. The summed E-state index contributed by atoms with van der Waals surface area (Å²) in [5.74, 6) is -0.995. The van der Waals surface area contributed by atoms with Gasteiger partial charge in [0.1, 0.15) is 12.1 Å². The van der Waals surface area contributed by atoms with Crippen LogP contribution in [0.4, 0.5) is 4.79 Å². The Kier molecular flexibility index (Phi) is 4.38. The average Bonchev–Trinajstić information content (AvgIpc) is 2.24. The molecule has 1 aliphatic carbocycles. The van der Waals surface area contributed by atoms with Gasteiger partial charge in [-0.05, 0) is 31.1 Å². The van der Waals surface area contributed by atoms with Crippen LogP contribution < -0.4 is 5.32 Å². The number of carbonyl (C=O) groups is 2. The molecule has 0 heterocycles. The number of carboxylic acids is 1. The van der Waals surface area contributed by atoms with E-state index >= 15 is 0 Å². The van der Waals surface area contributed by atoms with Gasteiger partial charge in [-0.15, -0.1) is 0 Å². The van der Waals surface area contributed by atoms with Crippen LogP contribution in [0.2, 0.25) is 0 Å². The minimum atomic E-state index is -1.21. The largest absolute Gasteiger partial charge is 0.480 e. The minimum absolute atomic E-state index is 0.0743. The van der Waals surface area contributed by atoms with Crippen molar-refractivity contribution in [3.8, 4) is 0 Å². The van der Waals surface area contributed by atoms with Crippen LogP contribution in [0.3, 0.4) is 0 Å². The summed E-state index contributed by atoms with van der Waals surface area (Å²) in [5, 5.41) is 11.9. The highest BCUT2D eigenvalue weighted by Gasteiger charge is 2.47. The Hall–Kier alpha value is -1.52. The molecule has 0 aromatic heterocycles. The maximum absolute atomic E-state index is 11.5. The number of amides is 1. The number of hydrogen-bond acceptors (Lipinski definition) is 3. The van der Waals surface area contributed by atoms with Crippen molar-refractivity contribution in [2.24, 2.45) is 5.41 Å². The third-order valence-electron chi connectivity index (χ3n) is 3.32. The van der Waals surface area contributed by atoms with E-state index < -0.39 is 17.6 Å². The van der Waals surface area contributed by atoms with Gasteiger partial charge in [0.15, 0.2) is 0 Å². The lowest BCUT2D eigenvalue weighted by molar-refractivity contribution is -0.148. The van der Waals surface area contributed by atoms with Crippen molar-refractivity contribution in [2.75, 3.05) is 6.61 Å². The Morgan fingerprint density at radius 3 is 2.61 bits per heavy atom. The SMILES string of the molecule is C=CCOC(=O)NC1(C(=O)O)CCCC(C)(C)C1. The fraction of sp³-hybridized carbons (Fsp3) is 0.692. The van der Waals surface area contributed by atoms with E-state index in [-0.39, 0.29) is 12.0 Å². The van der Waals surface area contributed by atoms with Crippen molar-refractivity contribution in [1.29, 1.82) is 0 Å².